The van der Waals surface area contributed by atoms with E-state index in [9.17, 15) is 8.78 Å². The molecule has 0 atom stereocenters. The maximum Gasteiger partial charge on any atom is 0.231 e. The van der Waals surface area contributed by atoms with Crippen molar-refractivity contribution in [1.29, 1.82) is 0 Å². The van der Waals surface area contributed by atoms with Crippen LogP contribution in [0.3, 0.4) is 0 Å². The normalized spacial score (nSPS) is 21.4. The molecule has 2 aromatic heterocycles. The molecule has 3 fully saturated rings. The smallest absolute Gasteiger partial charge is 0.231 e. The number of fused-ring (bicyclic) bond motifs is 3. The summed E-state index contributed by atoms with van der Waals surface area (Å²) in [7, 11) is 1.52. The molecule has 194 valence electrons. The van der Waals surface area contributed by atoms with Gasteiger partial charge in [0, 0.05) is 55.8 Å². The highest BCUT2D eigenvalue weighted by atomic mass is 35.5. The fourth-order valence-corrected chi connectivity index (χ4v) is 6.20. The molecule has 0 radical (unpaired) electrons. The molecule has 7 rings (SSSR count). The first kappa shape index (κ1) is 23.1. The van der Waals surface area contributed by atoms with E-state index >= 15 is 0 Å². The summed E-state index contributed by atoms with van der Waals surface area (Å²) in [5, 5.41) is 9.72. The number of pyridine rings is 1. The summed E-state index contributed by atoms with van der Waals surface area (Å²) in [4.78, 5) is 10.6. The number of halogens is 3. The molecular formula is C25H26ClF2N7O2. The standard InChI is InChI=1S/C25H26ClF2N7O2/c1-36-20-5-18(27)6-29-22(20)33-9-24(10-33)11-34(12-24)23-31-30-21-8-32(13-25(28)14-37-15-25)7-16-4-17(26)2-3-19(16)35(21)23/h2-6H,7-15H2,1H3. The van der Waals surface area contributed by atoms with Crippen molar-refractivity contribution in [2.75, 3.05) is 62.8 Å². The SMILES string of the molecule is COc1cc(F)cnc1N1CC2(C1)CN(c1nnc3n1-c1ccc(Cl)cc1CN(CC1(F)COC1)C3)C2. The quantitative estimate of drug-likeness (QED) is 0.500. The highest BCUT2D eigenvalue weighted by Crippen LogP contribution is 2.45. The van der Waals surface area contributed by atoms with Gasteiger partial charge in [0.25, 0.3) is 0 Å². The van der Waals surface area contributed by atoms with Crippen molar-refractivity contribution in [1.82, 2.24) is 24.6 Å². The van der Waals surface area contributed by atoms with E-state index in [1.54, 1.807) is 0 Å². The fraction of sp³-hybridized carbons (Fsp3) is 0.480. The monoisotopic (exact) mass is 529 g/mol. The van der Waals surface area contributed by atoms with Crippen molar-refractivity contribution in [2.45, 2.75) is 18.8 Å². The van der Waals surface area contributed by atoms with Gasteiger partial charge in [-0.25, -0.2) is 13.8 Å². The summed E-state index contributed by atoms with van der Waals surface area (Å²) in [6.07, 6.45) is 1.22. The van der Waals surface area contributed by atoms with Crippen LogP contribution in [0.1, 0.15) is 11.4 Å². The van der Waals surface area contributed by atoms with Gasteiger partial charge in [0.2, 0.25) is 5.95 Å². The number of alkyl halides is 1. The fourth-order valence-electron chi connectivity index (χ4n) is 6.00. The Morgan fingerprint density at radius 2 is 1.86 bits per heavy atom. The molecule has 0 unspecified atom stereocenters. The largest absolute Gasteiger partial charge is 0.493 e. The van der Waals surface area contributed by atoms with Gasteiger partial charge in [0.15, 0.2) is 23.1 Å². The molecule has 0 bridgehead atoms. The molecule has 0 aliphatic carbocycles. The molecule has 9 nitrogen and oxygen atoms in total. The molecule has 1 spiro atoms. The average molecular weight is 530 g/mol. The summed E-state index contributed by atoms with van der Waals surface area (Å²) >= 11 is 6.35. The number of ether oxygens (including phenoxy) is 2. The first-order chi connectivity index (χ1) is 17.8. The average Bonchev–Trinajstić information content (AvgIpc) is 3.12. The van der Waals surface area contributed by atoms with E-state index < -0.39 is 11.5 Å². The second kappa shape index (κ2) is 8.24. The molecule has 3 saturated heterocycles. The Balaban J connectivity index is 1.12. The number of methoxy groups -OCH3 is 1. The van der Waals surface area contributed by atoms with E-state index in [0.29, 0.717) is 29.7 Å². The summed E-state index contributed by atoms with van der Waals surface area (Å²) in [6.45, 7) is 4.81. The number of rotatable bonds is 5. The minimum Gasteiger partial charge on any atom is -0.493 e. The number of hydrogen-bond acceptors (Lipinski definition) is 8. The van der Waals surface area contributed by atoms with Crippen LogP contribution in [0.25, 0.3) is 5.69 Å². The molecule has 1 aromatic carbocycles. The van der Waals surface area contributed by atoms with Crippen LogP contribution in [-0.4, -0.2) is 83.4 Å². The first-order valence-corrected chi connectivity index (χ1v) is 12.6. The molecule has 0 N–H and O–H groups in total. The van der Waals surface area contributed by atoms with Gasteiger partial charge in [-0.3, -0.25) is 9.47 Å². The summed E-state index contributed by atoms with van der Waals surface area (Å²) in [5.41, 5.74) is 0.753. The lowest BCUT2D eigenvalue weighted by molar-refractivity contribution is -0.142. The van der Waals surface area contributed by atoms with Gasteiger partial charge in [-0.15, -0.1) is 10.2 Å². The van der Waals surface area contributed by atoms with Crippen LogP contribution >= 0.6 is 11.6 Å². The van der Waals surface area contributed by atoms with Crippen molar-refractivity contribution in [2.24, 2.45) is 5.41 Å². The number of hydrogen-bond donors (Lipinski definition) is 0. The maximum absolute atomic E-state index is 14.9. The Morgan fingerprint density at radius 3 is 2.59 bits per heavy atom. The van der Waals surface area contributed by atoms with Gasteiger partial charge in [-0.05, 0) is 23.8 Å². The summed E-state index contributed by atoms with van der Waals surface area (Å²) < 4.78 is 41.0. The minimum atomic E-state index is -1.33. The Hall–Kier alpha value is -3.02. The van der Waals surface area contributed by atoms with Crippen molar-refractivity contribution < 1.29 is 18.3 Å². The van der Waals surface area contributed by atoms with Crippen LogP contribution in [0.4, 0.5) is 20.5 Å². The topological polar surface area (TPSA) is 71.8 Å². The highest BCUT2D eigenvalue weighted by Gasteiger charge is 2.54. The molecule has 12 heteroatoms. The summed E-state index contributed by atoms with van der Waals surface area (Å²) in [6, 6.07) is 7.16. The third-order valence-electron chi connectivity index (χ3n) is 7.69. The highest BCUT2D eigenvalue weighted by molar-refractivity contribution is 6.30. The lowest BCUT2D eigenvalue weighted by Gasteiger charge is -2.60. The van der Waals surface area contributed by atoms with Crippen LogP contribution in [-0.2, 0) is 17.8 Å². The second-order valence-electron chi connectivity index (χ2n) is 10.7. The van der Waals surface area contributed by atoms with E-state index in [2.05, 4.69) is 34.4 Å². The number of anilines is 2. The van der Waals surface area contributed by atoms with Gasteiger partial charge < -0.3 is 19.3 Å². The van der Waals surface area contributed by atoms with E-state index in [-0.39, 0.29) is 25.2 Å². The van der Waals surface area contributed by atoms with Gasteiger partial charge in [-0.2, -0.15) is 0 Å². The molecule has 37 heavy (non-hydrogen) atoms. The zero-order valence-electron chi connectivity index (χ0n) is 20.3. The van der Waals surface area contributed by atoms with Crippen molar-refractivity contribution >= 4 is 23.4 Å². The van der Waals surface area contributed by atoms with Crippen LogP contribution in [0.2, 0.25) is 5.02 Å². The molecule has 6 heterocycles. The van der Waals surface area contributed by atoms with Crippen LogP contribution in [0.15, 0.2) is 30.5 Å². The zero-order valence-corrected chi connectivity index (χ0v) is 21.1. The molecule has 4 aliphatic heterocycles. The van der Waals surface area contributed by atoms with E-state index in [4.69, 9.17) is 21.1 Å². The van der Waals surface area contributed by atoms with Crippen LogP contribution in [0, 0.1) is 11.2 Å². The Labute approximate surface area is 217 Å². The Morgan fingerprint density at radius 1 is 1.08 bits per heavy atom. The number of benzene rings is 1. The lowest BCUT2D eigenvalue weighted by atomic mass is 9.73. The summed E-state index contributed by atoms with van der Waals surface area (Å²) in [5.74, 6) is 2.25. The van der Waals surface area contributed by atoms with Crippen molar-refractivity contribution in [3.8, 4) is 11.4 Å². The predicted molar refractivity (Wildman–Crippen MR) is 133 cm³/mol. The van der Waals surface area contributed by atoms with Crippen LogP contribution in [0.5, 0.6) is 5.75 Å². The Kier molecular flexibility index (Phi) is 5.15. The zero-order chi connectivity index (χ0) is 25.4. The predicted octanol–water partition coefficient (Wildman–Crippen LogP) is 2.84. The van der Waals surface area contributed by atoms with Gasteiger partial charge in [0.1, 0.15) is 5.82 Å². The van der Waals surface area contributed by atoms with Crippen molar-refractivity contribution in [3.63, 3.8) is 0 Å². The van der Waals surface area contributed by atoms with E-state index in [1.807, 2.05) is 18.2 Å². The third-order valence-corrected chi connectivity index (χ3v) is 7.92. The van der Waals surface area contributed by atoms with Gasteiger partial charge in [0.05, 0.1) is 38.8 Å². The minimum absolute atomic E-state index is 0.109. The maximum atomic E-state index is 14.9. The van der Waals surface area contributed by atoms with Gasteiger partial charge in [-0.1, -0.05) is 11.6 Å². The molecular weight excluding hydrogens is 504 g/mol. The van der Waals surface area contributed by atoms with E-state index in [1.165, 1.54) is 19.4 Å². The molecule has 0 saturated carbocycles. The van der Waals surface area contributed by atoms with Crippen LogP contribution < -0.4 is 14.5 Å². The first-order valence-electron chi connectivity index (χ1n) is 12.3. The van der Waals surface area contributed by atoms with Crippen molar-refractivity contribution in [3.05, 3.63) is 52.7 Å². The molecule has 0 amide bonds. The molecule has 3 aromatic rings. The Bertz CT molecular complexity index is 1370. The second-order valence-corrected chi connectivity index (χ2v) is 11.1. The molecule has 4 aliphatic rings. The lowest BCUT2D eigenvalue weighted by Crippen LogP contribution is -2.73. The number of aromatic nitrogens is 4. The van der Waals surface area contributed by atoms with Gasteiger partial charge >= 0.3 is 0 Å². The third kappa shape index (κ3) is 3.82. The number of nitrogens with zero attached hydrogens (tertiary/aromatic N) is 7. The van der Waals surface area contributed by atoms with E-state index in [0.717, 1.165) is 49.2 Å².